The highest BCUT2D eigenvalue weighted by molar-refractivity contribution is 5.16. The van der Waals surface area contributed by atoms with E-state index in [1.165, 1.54) is 0 Å². The van der Waals surface area contributed by atoms with Crippen molar-refractivity contribution in [2.75, 3.05) is 13.2 Å². The smallest absolute Gasteiger partial charge is 0.417 e. The number of hydrogen-bond donors (Lipinski definition) is 0. The monoisotopic (exact) mass is 554 g/mol. The van der Waals surface area contributed by atoms with Gasteiger partial charge in [0.05, 0.1) is 39.0 Å². The average molecular weight is 555 g/mol. The van der Waals surface area contributed by atoms with Crippen molar-refractivity contribution in [1.29, 1.82) is 0 Å². The summed E-state index contributed by atoms with van der Waals surface area (Å²) in [4.78, 5) is 0. The van der Waals surface area contributed by atoms with Gasteiger partial charge >= 0.3 is 12.1 Å². The summed E-state index contributed by atoms with van der Waals surface area (Å²) >= 11 is 0. The fourth-order valence-electron chi connectivity index (χ4n) is 4.52. The first-order valence-electron chi connectivity index (χ1n) is 12.9. The Morgan fingerprint density at radius 2 is 1.23 bits per heavy atom. The fourth-order valence-corrected chi connectivity index (χ4v) is 4.52. The molecular weight excluding hydrogens is 525 g/mol. The summed E-state index contributed by atoms with van der Waals surface area (Å²) in [5.74, 6) is -2.43. The number of benzene rings is 3. The second-order valence-electron chi connectivity index (χ2n) is 9.44. The Bertz CT molecular complexity index is 1310. The molecule has 2 heterocycles. The van der Waals surface area contributed by atoms with Gasteiger partial charge in [0.25, 0.3) is 0 Å². The van der Waals surface area contributed by atoms with Crippen LogP contribution in [-0.4, -0.2) is 41.7 Å². The highest BCUT2D eigenvalue weighted by Crippen LogP contribution is 2.36. The molecular formula is C30H29F3N2O5. The van der Waals surface area contributed by atoms with Gasteiger partial charge in [-0.1, -0.05) is 91.0 Å². The normalized spacial score (nSPS) is 21.4. The highest BCUT2D eigenvalue weighted by Gasteiger charge is 2.47. The van der Waals surface area contributed by atoms with Crippen molar-refractivity contribution in [2.24, 2.45) is 0 Å². The largest absolute Gasteiger partial charge is 0.470 e. The van der Waals surface area contributed by atoms with Crippen molar-refractivity contribution in [3.63, 3.8) is 0 Å². The molecule has 40 heavy (non-hydrogen) atoms. The van der Waals surface area contributed by atoms with E-state index in [1.807, 2.05) is 91.0 Å². The number of nitrogens with zero attached hydrogens (tertiary/aromatic N) is 2. The molecule has 1 saturated heterocycles. The van der Waals surface area contributed by atoms with Gasteiger partial charge in [0.2, 0.25) is 5.89 Å². The highest BCUT2D eigenvalue weighted by atomic mass is 19.4. The van der Waals surface area contributed by atoms with Gasteiger partial charge in [-0.3, -0.25) is 0 Å². The molecule has 4 atom stereocenters. The van der Waals surface area contributed by atoms with Gasteiger partial charge in [-0.2, -0.15) is 13.2 Å². The van der Waals surface area contributed by atoms with Crippen LogP contribution in [0.4, 0.5) is 13.2 Å². The Balaban J connectivity index is 1.40. The van der Waals surface area contributed by atoms with Crippen molar-refractivity contribution in [2.45, 2.75) is 50.2 Å². The lowest BCUT2D eigenvalue weighted by Crippen LogP contribution is -2.53. The Hall–Kier alpha value is -3.57. The third-order valence-electron chi connectivity index (χ3n) is 6.54. The van der Waals surface area contributed by atoms with Gasteiger partial charge in [0, 0.05) is 0 Å². The summed E-state index contributed by atoms with van der Waals surface area (Å²) in [6.45, 7) is 0.974. The quantitative estimate of drug-likeness (QED) is 0.227. The first-order chi connectivity index (χ1) is 19.5. The zero-order chi connectivity index (χ0) is 27.8. The van der Waals surface area contributed by atoms with Crippen LogP contribution < -0.4 is 0 Å². The van der Waals surface area contributed by atoms with E-state index >= 15 is 0 Å². The van der Waals surface area contributed by atoms with Gasteiger partial charge in [0.15, 0.2) is 0 Å². The van der Waals surface area contributed by atoms with Crippen molar-refractivity contribution in [3.8, 4) is 0 Å². The summed E-state index contributed by atoms with van der Waals surface area (Å²) in [5, 5.41) is 6.93. The van der Waals surface area contributed by atoms with Gasteiger partial charge in [-0.15, -0.1) is 10.2 Å². The minimum absolute atomic E-state index is 0.0104. The Morgan fingerprint density at radius 3 is 1.75 bits per heavy atom. The molecule has 1 aliphatic heterocycles. The number of ether oxygens (including phenoxy) is 4. The summed E-state index contributed by atoms with van der Waals surface area (Å²) < 4.78 is 69.7. The topological polar surface area (TPSA) is 75.8 Å². The van der Waals surface area contributed by atoms with Gasteiger partial charge in [-0.05, 0) is 16.7 Å². The van der Waals surface area contributed by atoms with Crippen LogP contribution in [0.25, 0.3) is 0 Å². The van der Waals surface area contributed by atoms with Gasteiger partial charge in [0.1, 0.15) is 18.3 Å². The molecule has 5 rings (SSSR count). The van der Waals surface area contributed by atoms with Crippen molar-refractivity contribution < 1.29 is 36.5 Å². The van der Waals surface area contributed by atoms with E-state index in [0.717, 1.165) is 16.7 Å². The van der Waals surface area contributed by atoms with Crippen LogP contribution in [0.3, 0.4) is 0 Å². The van der Waals surface area contributed by atoms with Gasteiger partial charge in [-0.25, -0.2) is 0 Å². The van der Waals surface area contributed by atoms with Gasteiger partial charge < -0.3 is 23.4 Å². The van der Waals surface area contributed by atoms with E-state index in [2.05, 4.69) is 10.2 Å². The minimum atomic E-state index is -4.77. The molecule has 0 radical (unpaired) electrons. The second-order valence-corrected chi connectivity index (χ2v) is 9.44. The zero-order valence-corrected chi connectivity index (χ0v) is 21.6. The maximum absolute atomic E-state index is 13.3. The lowest BCUT2D eigenvalue weighted by Gasteiger charge is -2.41. The maximum Gasteiger partial charge on any atom is 0.470 e. The summed E-state index contributed by atoms with van der Waals surface area (Å²) in [7, 11) is 0. The van der Waals surface area contributed by atoms with Crippen molar-refractivity contribution in [1.82, 2.24) is 10.2 Å². The Labute approximate surface area is 229 Å². The van der Waals surface area contributed by atoms with Crippen molar-refractivity contribution >= 4 is 0 Å². The van der Waals surface area contributed by atoms with E-state index in [-0.39, 0.29) is 32.3 Å². The first kappa shape index (κ1) is 28.0. The third kappa shape index (κ3) is 7.33. The molecule has 7 nitrogen and oxygen atoms in total. The Morgan fingerprint density at radius 1 is 0.700 bits per heavy atom. The second kappa shape index (κ2) is 13.2. The third-order valence-corrected chi connectivity index (χ3v) is 6.54. The predicted octanol–water partition coefficient (Wildman–Crippen LogP) is 5.96. The molecule has 0 saturated carbocycles. The lowest BCUT2D eigenvalue weighted by molar-refractivity contribution is -0.209. The summed E-state index contributed by atoms with van der Waals surface area (Å²) in [5.41, 5.74) is 2.82. The molecule has 0 aliphatic carbocycles. The summed E-state index contributed by atoms with van der Waals surface area (Å²) in [6, 6.07) is 28.7. The van der Waals surface area contributed by atoms with Crippen LogP contribution in [0.1, 0.15) is 34.4 Å². The molecule has 1 aromatic heterocycles. The van der Waals surface area contributed by atoms with Crippen LogP contribution >= 0.6 is 0 Å². The predicted molar refractivity (Wildman–Crippen MR) is 138 cm³/mol. The molecule has 1 fully saturated rings. The van der Waals surface area contributed by atoms with Crippen LogP contribution in [0.5, 0.6) is 0 Å². The molecule has 0 bridgehead atoms. The number of halogens is 3. The van der Waals surface area contributed by atoms with E-state index < -0.39 is 36.3 Å². The van der Waals surface area contributed by atoms with Crippen LogP contribution in [-0.2, 0) is 44.9 Å². The first-order valence-corrected chi connectivity index (χ1v) is 12.9. The number of alkyl halides is 3. The summed E-state index contributed by atoms with van der Waals surface area (Å²) in [6.07, 6.45) is -6.79. The van der Waals surface area contributed by atoms with Crippen LogP contribution in [0.2, 0.25) is 0 Å². The van der Waals surface area contributed by atoms with Crippen molar-refractivity contribution in [3.05, 3.63) is 119 Å². The minimum Gasteiger partial charge on any atom is -0.417 e. The zero-order valence-electron chi connectivity index (χ0n) is 21.6. The van der Waals surface area contributed by atoms with E-state index in [0.29, 0.717) is 6.61 Å². The molecule has 210 valence electrons. The maximum atomic E-state index is 13.3. The molecule has 0 amide bonds. The number of hydrogen-bond acceptors (Lipinski definition) is 7. The Kier molecular flexibility index (Phi) is 9.22. The molecule has 4 aromatic rings. The molecule has 0 spiro atoms. The SMILES string of the molecule is FC(F)(F)c1nnc([C@@H]2CO[C@H](COCc3ccccc3)[C@H](OCc3ccccc3)[C@@H]2OCc2ccccc2)o1. The number of aromatic nitrogens is 2. The molecule has 1 aliphatic rings. The average Bonchev–Trinajstić information content (AvgIpc) is 3.48. The van der Waals surface area contributed by atoms with E-state index in [1.54, 1.807) is 0 Å². The standard InChI is InChI=1S/C30H29F3N2O5/c31-30(32,33)29-35-34-28(40-29)24-19-37-25(20-36-16-21-10-4-1-5-11-21)27(39-18-23-14-8-3-9-15-23)26(24)38-17-22-12-6-2-7-13-22/h1-15,24-27H,16-20H2/t24-,25-,26-,27+/m1/s1. The van der Waals surface area contributed by atoms with E-state index in [4.69, 9.17) is 23.4 Å². The van der Waals surface area contributed by atoms with E-state index in [9.17, 15) is 13.2 Å². The fraction of sp³-hybridized carbons (Fsp3) is 0.333. The molecule has 10 heteroatoms. The molecule has 3 aromatic carbocycles. The molecule has 0 N–H and O–H groups in total. The van der Waals surface area contributed by atoms with Crippen LogP contribution in [0, 0.1) is 0 Å². The lowest BCUT2D eigenvalue weighted by atomic mass is 9.91. The van der Waals surface area contributed by atoms with Crippen LogP contribution in [0.15, 0.2) is 95.4 Å². The number of rotatable bonds is 11. The molecule has 0 unspecified atom stereocenters.